The second kappa shape index (κ2) is 9.92. The van der Waals surface area contributed by atoms with Crippen molar-refractivity contribution in [3.8, 4) is 17.0 Å². The molecule has 1 aromatic carbocycles. The van der Waals surface area contributed by atoms with Gasteiger partial charge in [0, 0.05) is 16.5 Å². The van der Waals surface area contributed by atoms with E-state index in [0.29, 0.717) is 28.2 Å². The van der Waals surface area contributed by atoms with E-state index in [4.69, 9.17) is 10.5 Å². The quantitative estimate of drug-likeness (QED) is 0.306. The van der Waals surface area contributed by atoms with Crippen molar-refractivity contribution in [2.24, 2.45) is 17.1 Å². The van der Waals surface area contributed by atoms with Gasteiger partial charge in [0.15, 0.2) is 17.0 Å². The number of amides is 2. The zero-order chi connectivity index (χ0) is 29.0. The molecule has 0 aliphatic heterocycles. The summed E-state index contributed by atoms with van der Waals surface area (Å²) >= 11 is 1.28. The van der Waals surface area contributed by atoms with Crippen molar-refractivity contribution < 1.29 is 27.5 Å². The Balaban J connectivity index is 1.51. The fraction of sp³-hybridized carbons (Fsp3) is 0.357. The lowest BCUT2D eigenvalue weighted by atomic mass is 9.72. The molecule has 1 aliphatic rings. The van der Waals surface area contributed by atoms with E-state index in [-0.39, 0.29) is 33.0 Å². The number of fused-ring (bicyclic) bond motifs is 2. The summed E-state index contributed by atoms with van der Waals surface area (Å²) in [4.78, 5) is 30.9. The lowest BCUT2D eigenvalue weighted by Gasteiger charge is -2.33. The molecule has 40 heavy (non-hydrogen) atoms. The molecule has 3 aromatic heterocycles. The summed E-state index contributed by atoms with van der Waals surface area (Å²) < 4.78 is 47.8. The number of alkyl halides is 3. The van der Waals surface area contributed by atoms with Crippen molar-refractivity contribution in [2.75, 3.05) is 12.4 Å². The molecule has 2 amide bonds. The molecule has 3 heterocycles. The van der Waals surface area contributed by atoms with Gasteiger partial charge in [-0.2, -0.15) is 18.3 Å². The van der Waals surface area contributed by atoms with Gasteiger partial charge in [-0.1, -0.05) is 20.8 Å². The van der Waals surface area contributed by atoms with Gasteiger partial charge >= 0.3 is 6.18 Å². The maximum absolute atomic E-state index is 14.0. The number of rotatable bonds is 5. The fourth-order valence-corrected chi connectivity index (χ4v) is 6.37. The Kier molecular flexibility index (Phi) is 6.85. The van der Waals surface area contributed by atoms with Gasteiger partial charge in [-0.25, -0.2) is 9.50 Å². The van der Waals surface area contributed by atoms with Crippen molar-refractivity contribution in [3.05, 3.63) is 63.8 Å². The van der Waals surface area contributed by atoms with Crippen molar-refractivity contribution in [2.45, 2.75) is 46.2 Å². The molecule has 0 unspecified atom stereocenters. The van der Waals surface area contributed by atoms with Crippen LogP contribution in [0.4, 0.5) is 18.2 Å². The number of carbonyl (C=O) groups excluding carboxylic acids is 2. The summed E-state index contributed by atoms with van der Waals surface area (Å²) in [5.41, 5.74) is 5.82. The molecule has 3 N–H and O–H groups in total. The number of carbonyl (C=O) groups is 2. The first kappa shape index (κ1) is 27.6. The zero-order valence-corrected chi connectivity index (χ0v) is 23.2. The number of ether oxygens (including phenoxy) is 1. The Bertz CT molecular complexity index is 1620. The smallest absolute Gasteiger partial charge is 0.433 e. The molecule has 1 aliphatic carbocycles. The number of primary amides is 1. The number of nitrogens with two attached hydrogens (primary N) is 1. The number of halogens is 3. The van der Waals surface area contributed by atoms with Crippen molar-refractivity contribution in [1.82, 2.24) is 14.6 Å². The molecule has 5 rings (SSSR count). The minimum atomic E-state index is -4.77. The molecule has 0 spiro atoms. The number of hydrogen-bond acceptors (Lipinski definition) is 6. The molecule has 4 aromatic rings. The maximum Gasteiger partial charge on any atom is 0.433 e. The summed E-state index contributed by atoms with van der Waals surface area (Å²) in [5, 5.41) is 6.88. The monoisotopic (exact) mass is 571 g/mol. The van der Waals surface area contributed by atoms with Gasteiger partial charge in [0.05, 0.1) is 18.4 Å². The minimum Gasteiger partial charge on any atom is -0.497 e. The molecule has 0 bridgehead atoms. The predicted molar refractivity (Wildman–Crippen MR) is 146 cm³/mol. The molecule has 0 fully saturated rings. The van der Waals surface area contributed by atoms with E-state index >= 15 is 0 Å². The van der Waals surface area contributed by atoms with E-state index in [2.05, 4.69) is 36.2 Å². The van der Waals surface area contributed by atoms with Crippen LogP contribution >= 0.6 is 11.3 Å². The van der Waals surface area contributed by atoms with Crippen LogP contribution in [0.15, 0.2) is 36.4 Å². The first-order valence-corrected chi connectivity index (χ1v) is 13.5. The summed E-state index contributed by atoms with van der Waals surface area (Å²) in [6.07, 6.45) is -2.47. The highest BCUT2D eigenvalue weighted by molar-refractivity contribution is 7.17. The molecule has 0 radical (unpaired) electrons. The molecule has 1 atom stereocenters. The van der Waals surface area contributed by atoms with Crippen LogP contribution in [0.5, 0.6) is 5.75 Å². The number of nitrogens with zero attached hydrogens (tertiary/aromatic N) is 3. The summed E-state index contributed by atoms with van der Waals surface area (Å²) in [7, 11) is 1.49. The third-order valence-corrected chi connectivity index (χ3v) is 8.47. The third kappa shape index (κ3) is 5.15. The second-order valence-electron chi connectivity index (χ2n) is 10.9. The van der Waals surface area contributed by atoms with E-state index < -0.39 is 23.7 Å². The molecule has 8 nitrogen and oxygen atoms in total. The van der Waals surface area contributed by atoms with Crippen LogP contribution in [0.25, 0.3) is 16.9 Å². The Morgan fingerprint density at radius 2 is 1.85 bits per heavy atom. The molecule has 0 saturated heterocycles. The maximum atomic E-state index is 14.0. The van der Waals surface area contributed by atoms with Gasteiger partial charge in [-0.15, -0.1) is 11.3 Å². The number of benzene rings is 1. The Hall–Kier alpha value is -3.93. The average molecular weight is 572 g/mol. The van der Waals surface area contributed by atoms with Crippen molar-refractivity contribution in [3.63, 3.8) is 0 Å². The first-order valence-electron chi connectivity index (χ1n) is 12.6. The molecular formula is C28H28F3N5O3S. The van der Waals surface area contributed by atoms with Crippen LogP contribution in [0.2, 0.25) is 0 Å². The average Bonchev–Trinajstić information content (AvgIpc) is 3.47. The fourth-order valence-electron chi connectivity index (χ4n) is 5.04. The van der Waals surface area contributed by atoms with E-state index in [1.807, 2.05) is 0 Å². The Labute approximate surface area is 232 Å². The highest BCUT2D eigenvalue weighted by Gasteiger charge is 2.36. The van der Waals surface area contributed by atoms with E-state index in [1.54, 1.807) is 24.3 Å². The Morgan fingerprint density at radius 1 is 1.15 bits per heavy atom. The number of anilines is 1. The third-order valence-electron chi connectivity index (χ3n) is 7.30. The van der Waals surface area contributed by atoms with Crippen LogP contribution < -0.4 is 15.8 Å². The number of thiophene rings is 1. The number of methoxy groups -OCH3 is 1. The first-order chi connectivity index (χ1) is 18.8. The van der Waals surface area contributed by atoms with Gasteiger partial charge in [0.25, 0.3) is 11.8 Å². The summed E-state index contributed by atoms with van der Waals surface area (Å²) in [6.45, 7) is 6.50. The van der Waals surface area contributed by atoms with Gasteiger partial charge in [0.1, 0.15) is 10.8 Å². The van der Waals surface area contributed by atoms with Crippen molar-refractivity contribution in [1.29, 1.82) is 0 Å². The zero-order valence-electron chi connectivity index (χ0n) is 22.3. The van der Waals surface area contributed by atoms with E-state index in [1.165, 1.54) is 24.5 Å². The minimum absolute atomic E-state index is 0.0599. The molecule has 12 heteroatoms. The molecule has 0 saturated carbocycles. The number of hydrogen-bond donors (Lipinski definition) is 2. The van der Waals surface area contributed by atoms with E-state index in [0.717, 1.165) is 29.3 Å². The summed E-state index contributed by atoms with van der Waals surface area (Å²) in [6, 6.07) is 8.49. The van der Waals surface area contributed by atoms with Crippen molar-refractivity contribution >= 4 is 33.8 Å². The second-order valence-corrected chi connectivity index (χ2v) is 12.0. The Morgan fingerprint density at radius 3 is 2.45 bits per heavy atom. The van der Waals surface area contributed by atoms with Gasteiger partial charge in [-0.3, -0.25) is 9.59 Å². The largest absolute Gasteiger partial charge is 0.497 e. The SMILES string of the molecule is COc1ccc(-c2cc(C(F)(F)F)n3nc(C(=O)Nc4sc5c(c4C(N)=O)CC[C@H](C(C)(C)C)C5)cc3n2)cc1. The van der Waals surface area contributed by atoms with Crippen LogP contribution in [0, 0.1) is 11.3 Å². The number of nitrogens with one attached hydrogen (secondary N) is 1. The molecular weight excluding hydrogens is 543 g/mol. The highest BCUT2D eigenvalue weighted by atomic mass is 32.1. The van der Waals surface area contributed by atoms with Crippen LogP contribution in [-0.4, -0.2) is 33.5 Å². The lowest BCUT2D eigenvalue weighted by molar-refractivity contribution is -0.142. The summed E-state index contributed by atoms with van der Waals surface area (Å²) in [5.74, 6) is -0.489. The standard InChI is InChI=1S/C28H28F3N5O3S/c1-27(2,3)15-7-10-17-20(11-15)40-26(23(17)24(32)37)34-25(38)19-13-22-33-18(14-5-8-16(39-4)9-6-14)12-21(28(29,30)31)36(22)35-19/h5-6,8-9,12-13,15H,7,10-11H2,1-4H3,(H2,32,37)(H,34,38)/t15-/m0/s1. The van der Waals surface area contributed by atoms with Crippen LogP contribution in [0.3, 0.4) is 0 Å². The predicted octanol–water partition coefficient (Wildman–Crippen LogP) is 5.99. The van der Waals surface area contributed by atoms with Gasteiger partial charge in [-0.05, 0) is 66.5 Å². The van der Waals surface area contributed by atoms with Gasteiger partial charge < -0.3 is 15.8 Å². The lowest BCUT2D eigenvalue weighted by Crippen LogP contribution is -2.27. The number of aromatic nitrogens is 3. The van der Waals surface area contributed by atoms with Crippen LogP contribution in [-0.2, 0) is 19.0 Å². The van der Waals surface area contributed by atoms with Crippen LogP contribution in [0.1, 0.15) is 64.2 Å². The normalized spacial score (nSPS) is 15.6. The topological polar surface area (TPSA) is 112 Å². The highest BCUT2D eigenvalue weighted by Crippen LogP contribution is 2.44. The van der Waals surface area contributed by atoms with E-state index in [9.17, 15) is 22.8 Å². The molecule has 210 valence electrons. The van der Waals surface area contributed by atoms with Gasteiger partial charge in [0.2, 0.25) is 0 Å².